The van der Waals surface area contributed by atoms with Crippen molar-refractivity contribution >= 4 is 14.7 Å². The second kappa shape index (κ2) is 13.0. The third-order valence-corrected chi connectivity index (χ3v) is 11.2. The van der Waals surface area contributed by atoms with Crippen molar-refractivity contribution in [1.82, 2.24) is 0 Å². The molecule has 0 N–H and O–H groups in total. The normalized spacial score (nSPS) is 19.0. The Morgan fingerprint density at radius 2 is 1.39 bits per heavy atom. The SMILES string of the molecule is CCCCCC1=C(C)C(C)=C(C)[C]1([Ti+3])C[SiH2]c1c(C)cc(C)cc1C.[Cl-].[Cl-].[Cl-]. The molecule has 5 heteroatoms. The van der Waals surface area contributed by atoms with Gasteiger partial charge in [0.25, 0.3) is 0 Å². The van der Waals surface area contributed by atoms with E-state index < -0.39 is 0 Å². The Morgan fingerprint density at radius 3 is 1.89 bits per heavy atom. The topological polar surface area (TPSA) is 0 Å². The van der Waals surface area contributed by atoms with Crippen LogP contribution in [0.3, 0.4) is 0 Å². The molecule has 0 radical (unpaired) electrons. The van der Waals surface area contributed by atoms with Crippen LogP contribution in [0.4, 0.5) is 0 Å². The molecule has 0 spiro atoms. The van der Waals surface area contributed by atoms with Crippen molar-refractivity contribution in [2.45, 2.75) is 83.9 Å². The third kappa shape index (κ3) is 6.50. The van der Waals surface area contributed by atoms with E-state index >= 15 is 0 Å². The standard InChI is InChI=1S/C23H35Si.3ClH.Ti/c1-8-9-10-11-21-19(6)18(5)20(7)22(21)14-24-23-16(3)12-15(2)13-17(23)4;;;;/h12-13H,8-11,14,24H2,1-7H3;3*1H;/q;;;;+3/p-3. The van der Waals surface area contributed by atoms with Crippen molar-refractivity contribution < 1.29 is 57.7 Å². The summed E-state index contributed by atoms with van der Waals surface area (Å²) < 4.78 is 0.317. The first kappa shape index (κ1) is 30.7. The van der Waals surface area contributed by atoms with E-state index in [0.29, 0.717) is 3.72 Å². The van der Waals surface area contributed by atoms with Crippen molar-refractivity contribution in [3.05, 3.63) is 51.1 Å². The number of hydrogen-bond acceptors (Lipinski definition) is 0. The Kier molecular flexibility index (Phi) is 14.3. The van der Waals surface area contributed by atoms with Gasteiger partial charge in [-0.05, 0) is 0 Å². The third-order valence-electron chi connectivity index (χ3n) is 6.35. The van der Waals surface area contributed by atoms with Crippen LogP contribution in [0.1, 0.15) is 70.1 Å². The number of halogens is 3. The van der Waals surface area contributed by atoms with E-state index in [1.807, 2.05) is 0 Å². The van der Waals surface area contributed by atoms with E-state index in [4.69, 9.17) is 0 Å². The van der Waals surface area contributed by atoms with Gasteiger partial charge in [-0.3, -0.25) is 0 Å². The molecule has 2 rings (SSSR count). The van der Waals surface area contributed by atoms with Crippen LogP contribution in [0.25, 0.3) is 0 Å². The average molecular weight is 494 g/mol. The number of unbranched alkanes of at least 4 members (excludes halogenated alkanes) is 2. The molecule has 0 saturated carbocycles. The zero-order valence-electron chi connectivity index (χ0n) is 18.5. The van der Waals surface area contributed by atoms with Gasteiger partial charge >= 0.3 is 170 Å². The molecule has 0 fully saturated rings. The summed E-state index contributed by atoms with van der Waals surface area (Å²) in [7, 11) is -0.277. The summed E-state index contributed by atoms with van der Waals surface area (Å²) in [5, 5.41) is 1.70. The molecule has 0 bridgehead atoms. The summed E-state index contributed by atoms with van der Waals surface area (Å²) in [6.07, 6.45) is 5.32. The van der Waals surface area contributed by atoms with Gasteiger partial charge in [0.15, 0.2) is 0 Å². The maximum atomic E-state index is 2.54. The van der Waals surface area contributed by atoms with Gasteiger partial charge in [0.2, 0.25) is 0 Å². The van der Waals surface area contributed by atoms with Gasteiger partial charge in [-0.15, -0.1) is 0 Å². The number of allylic oxidation sites excluding steroid dienone is 4. The molecule has 0 nitrogen and oxygen atoms in total. The Balaban J connectivity index is 0. The summed E-state index contributed by atoms with van der Waals surface area (Å²) in [6.45, 7) is 16.3. The number of rotatable bonds is 7. The first-order chi connectivity index (χ1) is 11.7. The predicted octanol–water partition coefficient (Wildman–Crippen LogP) is -3.21. The van der Waals surface area contributed by atoms with Crippen molar-refractivity contribution in [1.29, 1.82) is 0 Å². The molecular formula is C23H35Cl3SiTi. The van der Waals surface area contributed by atoms with E-state index in [1.165, 1.54) is 48.4 Å². The Bertz CT molecular complexity index is 702. The molecule has 1 aromatic rings. The maximum absolute atomic E-state index is 2.54. The molecule has 1 aliphatic carbocycles. The summed E-state index contributed by atoms with van der Waals surface area (Å²) in [6, 6.07) is 6.13. The van der Waals surface area contributed by atoms with E-state index in [9.17, 15) is 0 Å². The molecule has 0 aliphatic heterocycles. The van der Waals surface area contributed by atoms with E-state index in [2.05, 4.69) is 81.0 Å². The first-order valence-electron chi connectivity index (χ1n) is 9.92. The smallest absolute Gasteiger partial charge is 1.00 e. The first-order valence-corrected chi connectivity index (χ1v) is 12.4. The fourth-order valence-electron chi connectivity index (χ4n) is 4.58. The van der Waals surface area contributed by atoms with Gasteiger partial charge in [0.1, 0.15) is 0 Å². The molecule has 1 atom stereocenters. The Labute approximate surface area is 206 Å². The molecule has 0 heterocycles. The van der Waals surface area contributed by atoms with Crippen molar-refractivity contribution in [3.8, 4) is 0 Å². The van der Waals surface area contributed by atoms with Gasteiger partial charge in [0.05, 0.1) is 0 Å². The van der Waals surface area contributed by atoms with Crippen molar-refractivity contribution in [2.24, 2.45) is 0 Å². The monoisotopic (exact) mass is 492 g/mol. The largest absolute Gasteiger partial charge is 1.00 e. The van der Waals surface area contributed by atoms with Gasteiger partial charge in [-0.2, -0.15) is 0 Å². The van der Waals surface area contributed by atoms with Crippen LogP contribution >= 0.6 is 0 Å². The van der Waals surface area contributed by atoms with E-state index in [0.717, 1.165) is 0 Å². The fourth-order valence-corrected chi connectivity index (χ4v) is 8.24. The van der Waals surface area contributed by atoms with Crippen molar-refractivity contribution in [2.75, 3.05) is 0 Å². The summed E-state index contributed by atoms with van der Waals surface area (Å²) in [5.41, 5.74) is 11.0. The van der Waals surface area contributed by atoms with Gasteiger partial charge < -0.3 is 37.2 Å². The summed E-state index contributed by atoms with van der Waals surface area (Å²) >= 11 is 2.54. The quantitative estimate of drug-likeness (QED) is 0.277. The zero-order valence-corrected chi connectivity index (χ0v) is 23.8. The van der Waals surface area contributed by atoms with Crippen LogP contribution < -0.4 is 42.4 Å². The molecule has 0 amide bonds. The maximum Gasteiger partial charge on any atom is -1.00 e. The summed E-state index contributed by atoms with van der Waals surface area (Å²) in [5.74, 6) is 0. The molecular weight excluding hydrogens is 459 g/mol. The zero-order chi connectivity index (χ0) is 18.8. The van der Waals surface area contributed by atoms with Gasteiger partial charge in [0, 0.05) is 0 Å². The van der Waals surface area contributed by atoms with Crippen LogP contribution in [0.5, 0.6) is 0 Å². The number of hydrogen-bond donors (Lipinski definition) is 0. The van der Waals surface area contributed by atoms with Gasteiger partial charge in [-0.25, -0.2) is 0 Å². The molecule has 0 saturated heterocycles. The van der Waals surface area contributed by atoms with Crippen LogP contribution in [0.15, 0.2) is 34.4 Å². The summed E-state index contributed by atoms with van der Waals surface area (Å²) in [4.78, 5) is 0. The van der Waals surface area contributed by atoms with E-state index in [-0.39, 0.29) is 46.7 Å². The number of aryl methyl sites for hydroxylation is 3. The average Bonchev–Trinajstić information content (AvgIpc) is 2.69. The minimum Gasteiger partial charge on any atom is -1.00 e. The van der Waals surface area contributed by atoms with Crippen LogP contribution in [-0.4, -0.2) is 9.52 Å². The van der Waals surface area contributed by atoms with E-state index in [1.54, 1.807) is 27.5 Å². The van der Waals surface area contributed by atoms with Crippen LogP contribution in [0, 0.1) is 20.8 Å². The molecule has 28 heavy (non-hydrogen) atoms. The van der Waals surface area contributed by atoms with Crippen LogP contribution in [-0.2, 0) is 20.4 Å². The number of benzene rings is 1. The predicted molar refractivity (Wildman–Crippen MR) is 112 cm³/mol. The van der Waals surface area contributed by atoms with Crippen LogP contribution in [0.2, 0.25) is 9.76 Å². The van der Waals surface area contributed by atoms with Gasteiger partial charge in [-0.1, -0.05) is 0 Å². The minimum absolute atomic E-state index is 0. The molecule has 156 valence electrons. The Morgan fingerprint density at radius 1 is 0.857 bits per heavy atom. The molecule has 1 unspecified atom stereocenters. The molecule has 1 aromatic carbocycles. The minimum atomic E-state index is -0.277. The second-order valence-electron chi connectivity index (χ2n) is 8.09. The van der Waals surface area contributed by atoms with Crippen molar-refractivity contribution in [3.63, 3.8) is 0 Å². The molecule has 0 aromatic heterocycles. The Hall–Kier alpha value is 0.501. The second-order valence-corrected chi connectivity index (χ2v) is 11.1. The molecule has 1 aliphatic rings. The fraction of sp³-hybridized carbons (Fsp3) is 0.565.